The smallest absolute Gasteiger partial charge is 0.329 e. The minimum atomic E-state index is -0.421. The number of nitrogens with one attached hydrogen (secondary N) is 1. The zero-order valence-corrected chi connectivity index (χ0v) is 12.7. The molecular formula is C18H14N2O4. The maximum Gasteiger partial charge on any atom is 0.329 e. The highest BCUT2D eigenvalue weighted by molar-refractivity contribution is 6.13. The molecule has 4 rings (SSSR count). The molecule has 2 aromatic rings. The third-order valence-electron chi connectivity index (χ3n) is 3.85. The Bertz CT molecular complexity index is 845. The van der Waals surface area contributed by atoms with Crippen molar-refractivity contribution in [3.8, 4) is 11.5 Å². The van der Waals surface area contributed by atoms with E-state index in [9.17, 15) is 9.59 Å². The summed E-state index contributed by atoms with van der Waals surface area (Å²) in [4.78, 5) is 25.8. The Morgan fingerprint density at radius 1 is 1.04 bits per heavy atom. The van der Waals surface area contributed by atoms with Crippen molar-refractivity contribution < 1.29 is 19.1 Å². The van der Waals surface area contributed by atoms with E-state index < -0.39 is 6.03 Å². The van der Waals surface area contributed by atoms with Gasteiger partial charge in [-0.2, -0.15) is 0 Å². The molecule has 0 unspecified atom stereocenters. The lowest BCUT2D eigenvalue weighted by Crippen LogP contribution is -2.30. The molecule has 3 amide bonds. The summed E-state index contributed by atoms with van der Waals surface area (Å²) in [6.07, 6.45) is 1.63. The Morgan fingerprint density at radius 2 is 1.83 bits per heavy atom. The van der Waals surface area contributed by atoms with Crippen molar-refractivity contribution in [1.82, 2.24) is 10.2 Å². The first kappa shape index (κ1) is 14.3. The summed E-state index contributed by atoms with van der Waals surface area (Å²) >= 11 is 0. The summed E-state index contributed by atoms with van der Waals surface area (Å²) in [7, 11) is 0. The third-order valence-corrected chi connectivity index (χ3v) is 3.85. The molecule has 0 radical (unpaired) electrons. The van der Waals surface area contributed by atoms with Gasteiger partial charge >= 0.3 is 6.03 Å². The molecule has 2 aromatic carbocycles. The number of carbonyl (C=O) groups is 2. The highest BCUT2D eigenvalue weighted by Crippen LogP contribution is 2.33. The van der Waals surface area contributed by atoms with Crippen molar-refractivity contribution in [2.75, 3.05) is 6.79 Å². The van der Waals surface area contributed by atoms with Crippen LogP contribution in [0.5, 0.6) is 11.5 Å². The first-order chi connectivity index (χ1) is 11.7. The van der Waals surface area contributed by atoms with Crippen molar-refractivity contribution in [2.45, 2.75) is 6.54 Å². The maximum atomic E-state index is 12.5. The quantitative estimate of drug-likeness (QED) is 0.696. The van der Waals surface area contributed by atoms with Crippen LogP contribution in [0.1, 0.15) is 11.1 Å². The van der Waals surface area contributed by atoms with Crippen molar-refractivity contribution in [3.05, 3.63) is 65.4 Å². The van der Waals surface area contributed by atoms with Crippen molar-refractivity contribution >= 4 is 18.0 Å². The first-order valence-corrected chi connectivity index (χ1v) is 7.49. The van der Waals surface area contributed by atoms with Gasteiger partial charge in [0.15, 0.2) is 11.5 Å². The molecule has 6 heteroatoms. The zero-order chi connectivity index (χ0) is 16.5. The van der Waals surface area contributed by atoms with Crippen LogP contribution in [0.25, 0.3) is 6.08 Å². The third kappa shape index (κ3) is 2.58. The molecule has 0 aromatic heterocycles. The van der Waals surface area contributed by atoms with Crippen LogP contribution in [0.4, 0.5) is 4.79 Å². The second kappa shape index (κ2) is 5.73. The molecule has 120 valence electrons. The van der Waals surface area contributed by atoms with Crippen molar-refractivity contribution in [1.29, 1.82) is 0 Å². The van der Waals surface area contributed by atoms with E-state index in [1.54, 1.807) is 24.3 Å². The molecule has 6 nitrogen and oxygen atoms in total. The van der Waals surface area contributed by atoms with E-state index in [1.807, 2.05) is 30.3 Å². The second-order valence-corrected chi connectivity index (χ2v) is 5.48. The standard InChI is InChI=1S/C18H14N2O4/c21-17-14(8-13-6-7-15-16(9-13)24-11-23-15)19-18(22)20(17)10-12-4-2-1-3-5-12/h1-9H,10-11H2,(H,19,22)/b14-8+. The van der Waals surface area contributed by atoms with E-state index >= 15 is 0 Å². The lowest BCUT2D eigenvalue weighted by Gasteiger charge is -2.11. The van der Waals surface area contributed by atoms with E-state index in [1.165, 1.54) is 4.90 Å². The molecule has 2 heterocycles. The number of hydrogen-bond donors (Lipinski definition) is 1. The Kier molecular flexibility index (Phi) is 3.42. The number of fused-ring (bicyclic) bond motifs is 1. The molecule has 1 saturated heterocycles. The van der Waals surface area contributed by atoms with Gasteiger partial charge < -0.3 is 14.8 Å². The highest BCUT2D eigenvalue weighted by atomic mass is 16.7. The number of imide groups is 1. The number of rotatable bonds is 3. The van der Waals surface area contributed by atoms with Gasteiger partial charge in [-0.25, -0.2) is 4.79 Å². The van der Waals surface area contributed by atoms with E-state index in [0.29, 0.717) is 11.5 Å². The van der Waals surface area contributed by atoms with Crippen LogP contribution < -0.4 is 14.8 Å². The van der Waals surface area contributed by atoms with Gasteiger partial charge in [-0.1, -0.05) is 36.4 Å². The Morgan fingerprint density at radius 3 is 2.67 bits per heavy atom. The van der Waals surface area contributed by atoms with E-state index in [-0.39, 0.29) is 24.9 Å². The molecule has 2 aliphatic heterocycles. The molecule has 1 N–H and O–H groups in total. The molecular weight excluding hydrogens is 308 g/mol. The summed E-state index contributed by atoms with van der Waals surface area (Å²) in [6.45, 7) is 0.430. The monoisotopic (exact) mass is 322 g/mol. The van der Waals surface area contributed by atoms with Gasteiger partial charge in [-0.15, -0.1) is 0 Å². The van der Waals surface area contributed by atoms with Crippen LogP contribution in [0.3, 0.4) is 0 Å². The molecule has 2 aliphatic rings. The summed E-state index contributed by atoms with van der Waals surface area (Å²) in [5.41, 5.74) is 1.89. The van der Waals surface area contributed by atoms with Crippen LogP contribution >= 0.6 is 0 Å². The van der Waals surface area contributed by atoms with E-state index in [0.717, 1.165) is 11.1 Å². The van der Waals surface area contributed by atoms with Gasteiger partial charge in [0.25, 0.3) is 5.91 Å². The van der Waals surface area contributed by atoms with Gasteiger partial charge in [0.05, 0.1) is 6.54 Å². The molecule has 0 spiro atoms. The lowest BCUT2D eigenvalue weighted by molar-refractivity contribution is -0.123. The maximum absolute atomic E-state index is 12.5. The number of hydrogen-bond acceptors (Lipinski definition) is 4. The lowest BCUT2D eigenvalue weighted by atomic mass is 10.1. The number of nitrogens with zero attached hydrogens (tertiary/aromatic N) is 1. The Hall–Kier alpha value is -3.28. The molecule has 0 atom stereocenters. The molecule has 0 aliphatic carbocycles. The number of ether oxygens (including phenoxy) is 2. The van der Waals surface area contributed by atoms with Crippen molar-refractivity contribution in [3.63, 3.8) is 0 Å². The fourth-order valence-corrected chi connectivity index (χ4v) is 2.65. The normalized spacial score (nSPS) is 17.5. The predicted molar refractivity (Wildman–Crippen MR) is 86.1 cm³/mol. The summed E-state index contributed by atoms with van der Waals surface area (Å²) < 4.78 is 10.6. The average Bonchev–Trinajstić information content (AvgIpc) is 3.16. The van der Waals surface area contributed by atoms with Gasteiger partial charge in [-0.3, -0.25) is 9.69 Å². The molecule has 0 bridgehead atoms. The Balaban J connectivity index is 1.56. The van der Waals surface area contributed by atoms with Gasteiger partial charge in [0.1, 0.15) is 5.70 Å². The minimum absolute atomic E-state index is 0.190. The predicted octanol–water partition coefficient (Wildman–Crippen LogP) is 2.51. The summed E-state index contributed by atoms with van der Waals surface area (Å²) in [5, 5.41) is 2.62. The van der Waals surface area contributed by atoms with Gasteiger partial charge in [-0.05, 0) is 29.3 Å². The first-order valence-electron chi connectivity index (χ1n) is 7.49. The summed E-state index contributed by atoms with van der Waals surface area (Å²) in [5.74, 6) is 0.952. The fourth-order valence-electron chi connectivity index (χ4n) is 2.65. The zero-order valence-electron chi connectivity index (χ0n) is 12.7. The van der Waals surface area contributed by atoms with E-state index in [4.69, 9.17) is 9.47 Å². The average molecular weight is 322 g/mol. The van der Waals surface area contributed by atoms with E-state index in [2.05, 4.69) is 5.32 Å². The highest BCUT2D eigenvalue weighted by Gasteiger charge is 2.33. The van der Waals surface area contributed by atoms with Crippen LogP contribution in [0.2, 0.25) is 0 Å². The number of amides is 3. The number of benzene rings is 2. The molecule has 1 fully saturated rings. The van der Waals surface area contributed by atoms with Crippen LogP contribution in [0, 0.1) is 0 Å². The molecule has 0 saturated carbocycles. The Labute approximate surface area is 138 Å². The van der Waals surface area contributed by atoms with Gasteiger partial charge in [0.2, 0.25) is 6.79 Å². The SMILES string of the molecule is O=C1N/C(=C/c2ccc3c(c2)OCO3)C(=O)N1Cc1ccccc1. The summed E-state index contributed by atoms with van der Waals surface area (Å²) in [6, 6.07) is 14.3. The number of urea groups is 1. The number of carbonyl (C=O) groups excluding carboxylic acids is 2. The van der Waals surface area contributed by atoms with Crippen LogP contribution in [-0.2, 0) is 11.3 Å². The second-order valence-electron chi connectivity index (χ2n) is 5.48. The minimum Gasteiger partial charge on any atom is -0.454 e. The molecule has 24 heavy (non-hydrogen) atoms. The van der Waals surface area contributed by atoms with Gasteiger partial charge in [0, 0.05) is 0 Å². The van der Waals surface area contributed by atoms with Crippen LogP contribution in [-0.4, -0.2) is 23.6 Å². The van der Waals surface area contributed by atoms with Crippen LogP contribution in [0.15, 0.2) is 54.2 Å². The fraction of sp³-hybridized carbons (Fsp3) is 0.111. The topological polar surface area (TPSA) is 67.9 Å². The largest absolute Gasteiger partial charge is 0.454 e. The van der Waals surface area contributed by atoms with Crippen molar-refractivity contribution in [2.24, 2.45) is 0 Å².